The minimum absolute atomic E-state index is 0.391. The van der Waals surface area contributed by atoms with Crippen LogP contribution >= 0.6 is 11.3 Å². The van der Waals surface area contributed by atoms with Crippen LogP contribution in [0, 0.1) is 5.82 Å². The van der Waals surface area contributed by atoms with Crippen LogP contribution in [0.5, 0.6) is 0 Å². The van der Waals surface area contributed by atoms with Crippen LogP contribution in [0.3, 0.4) is 0 Å². The monoisotopic (exact) mass is 234 g/mol. The van der Waals surface area contributed by atoms with E-state index < -0.39 is 20.2 Å². The van der Waals surface area contributed by atoms with Gasteiger partial charge in [0.25, 0.3) is 0 Å². The van der Waals surface area contributed by atoms with E-state index in [1.54, 1.807) is 0 Å². The highest BCUT2D eigenvalue weighted by Crippen LogP contribution is 2.30. The number of hydrogen-bond acceptors (Lipinski definition) is 3. The van der Waals surface area contributed by atoms with Gasteiger partial charge in [-0.25, -0.2) is 4.39 Å². The minimum atomic E-state index is -4.68. The standard InChI is InChI=1S/C8H4F2O2S2/c9-6-1-2-7-5(3-6)4-8(13-7)14(10,11)12/h1-4H. The minimum Gasteiger partial charge on any atom is -0.207 e. The Balaban J connectivity index is 2.75. The van der Waals surface area contributed by atoms with Crippen molar-refractivity contribution < 1.29 is 16.7 Å². The Morgan fingerprint density at radius 1 is 1.21 bits per heavy atom. The van der Waals surface area contributed by atoms with Gasteiger partial charge in [-0.2, -0.15) is 8.42 Å². The summed E-state index contributed by atoms with van der Waals surface area (Å²) in [4.78, 5) is 0. The van der Waals surface area contributed by atoms with E-state index >= 15 is 0 Å². The molecule has 2 rings (SSSR count). The Morgan fingerprint density at radius 2 is 1.93 bits per heavy atom. The Labute approximate surface area is 83.0 Å². The smallest absolute Gasteiger partial charge is 0.207 e. The highest BCUT2D eigenvalue weighted by molar-refractivity contribution is 7.88. The molecule has 0 N–H and O–H groups in total. The molecule has 0 aliphatic heterocycles. The van der Waals surface area contributed by atoms with E-state index in [2.05, 4.69) is 0 Å². The Kier molecular flexibility index (Phi) is 2.04. The maximum absolute atomic E-state index is 12.7. The normalized spacial score (nSPS) is 12.1. The van der Waals surface area contributed by atoms with E-state index in [0.717, 1.165) is 17.4 Å². The largest absolute Gasteiger partial charge is 0.341 e. The number of hydrogen-bond donors (Lipinski definition) is 0. The van der Waals surface area contributed by atoms with Gasteiger partial charge in [-0.1, -0.05) is 3.89 Å². The highest BCUT2D eigenvalue weighted by atomic mass is 32.3. The third kappa shape index (κ3) is 1.62. The molecule has 0 radical (unpaired) electrons. The predicted octanol–water partition coefficient (Wildman–Crippen LogP) is 2.70. The molecule has 0 spiro atoms. The molecule has 14 heavy (non-hydrogen) atoms. The summed E-state index contributed by atoms with van der Waals surface area (Å²) in [6, 6.07) is 4.91. The fourth-order valence-electron chi connectivity index (χ4n) is 1.11. The van der Waals surface area contributed by atoms with Crippen LogP contribution in [0.1, 0.15) is 0 Å². The van der Waals surface area contributed by atoms with Gasteiger partial charge in [0.2, 0.25) is 0 Å². The van der Waals surface area contributed by atoms with E-state index in [1.807, 2.05) is 0 Å². The SMILES string of the molecule is O=S(=O)(F)c1cc2cc(F)ccc2s1. The summed E-state index contributed by atoms with van der Waals surface area (Å²) in [5.74, 6) is -0.474. The van der Waals surface area contributed by atoms with Crippen molar-refractivity contribution in [1.29, 1.82) is 0 Å². The summed E-state index contributed by atoms with van der Waals surface area (Å²) in [5.41, 5.74) is 0. The molecule has 0 saturated heterocycles. The van der Waals surface area contributed by atoms with Crippen LogP contribution in [0.15, 0.2) is 28.5 Å². The lowest BCUT2D eigenvalue weighted by Gasteiger charge is -1.86. The van der Waals surface area contributed by atoms with Crippen molar-refractivity contribution in [2.24, 2.45) is 0 Å². The molecule has 74 valence electrons. The van der Waals surface area contributed by atoms with Gasteiger partial charge in [0, 0.05) is 4.70 Å². The molecule has 0 amide bonds. The molecule has 6 heteroatoms. The Morgan fingerprint density at radius 3 is 2.57 bits per heavy atom. The van der Waals surface area contributed by atoms with Gasteiger partial charge >= 0.3 is 10.2 Å². The molecular formula is C8H4F2O2S2. The van der Waals surface area contributed by atoms with Crippen molar-refractivity contribution in [1.82, 2.24) is 0 Å². The zero-order valence-electron chi connectivity index (χ0n) is 6.70. The van der Waals surface area contributed by atoms with Crippen molar-refractivity contribution in [3.05, 3.63) is 30.1 Å². The van der Waals surface area contributed by atoms with Crippen LogP contribution < -0.4 is 0 Å². The van der Waals surface area contributed by atoms with E-state index in [-0.39, 0.29) is 0 Å². The van der Waals surface area contributed by atoms with Crippen LogP contribution in [-0.2, 0) is 10.2 Å². The molecule has 1 aromatic heterocycles. The average Bonchev–Trinajstić information content (AvgIpc) is 2.45. The first kappa shape index (κ1) is 9.54. The molecule has 0 aliphatic carbocycles. The molecule has 2 nitrogen and oxygen atoms in total. The quantitative estimate of drug-likeness (QED) is 0.711. The maximum Gasteiger partial charge on any atom is 0.341 e. The first-order valence-electron chi connectivity index (χ1n) is 3.60. The first-order valence-corrected chi connectivity index (χ1v) is 5.80. The summed E-state index contributed by atoms with van der Waals surface area (Å²) in [6.45, 7) is 0. The van der Waals surface area contributed by atoms with Gasteiger partial charge in [-0.15, -0.1) is 11.3 Å². The molecular weight excluding hydrogens is 230 g/mol. The summed E-state index contributed by atoms with van der Waals surface area (Å²) < 4.78 is 46.5. The van der Waals surface area contributed by atoms with E-state index in [9.17, 15) is 16.7 Å². The third-order valence-electron chi connectivity index (χ3n) is 1.70. The first-order chi connectivity index (χ1) is 6.47. The maximum atomic E-state index is 12.7. The summed E-state index contributed by atoms with van der Waals surface area (Å²) in [7, 11) is -4.68. The number of fused-ring (bicyclic) bond motifs is 1. The van der Waals surface area contributed by atoms with E-state index in [0.29, 0.717) is 10.1 Å². The predicted molar refractivity (Wildman–Crippen MR) is 50.1 cm³/mol. The number of benzene rings is 1. The van der Waals surface area contributed by atoms with E-state index in [1.165, 1.54) is 18.2 Å². The molecule has 0 bridgehead atoms. The molecule has 1 aromatic carbocycles. The Bertz CT molecular complexity index is 586. The lowest BCUT2D eigenvalue weighted by Crippen LogP contribution is -1.85. The molecule has 2 aromatic rings. The van der Waals surface area contributed by atoms with Crippen molar-refractivity contribution >= 4 is 31.6 Å². The van der Waals surface area contributed by atoms with Gasteiger partial charge in [0.15, 0.2) is 4.21 Å². The zero-order chi connectivity index (χ0) is 10.3. The fraction of sp³-hybridized carbons (Fsp3) is 0. The molecule has 0 fully saturated rings. The Hall–Kier alpha value is -1.01. The molecule has 0 atom stereocenters. The average molecular weight is 234 g/mol. The van der Waals surface area contributed by atoms with Crippen LogP contribution in [0.4, 0.5) is 8.28 Å². The zero-order valence-corrected chi connectivity index (χ0v) is 8.33. The van der Waals surface area contributed by atoms with Crippen molar-refractivity contribution in [2.75, 3.05) is 0 Å². The molecule has 0 unspecified atom stereocenters. The highest BCUT2D eigenvalue weighted by Gasteiger charge is 2.15. The van der Waals surface area contributed by atoms with Gasteiger partial charge in [-0.05, 0) is 29.7 Å². The second kappa shape index (κ2) is 2.99. The van der Waals surface area contributed by atoms with Crippen LogP contribution in [0.25, 0.3) is 10.1 Å². The lowest BCUT2D eigenvalue weighted by atomic mass is 10.3. The summed E-state index contributed by atoms with van der Waals surface area (Å²) in [5, 5.41) is 0.395. The molecule has 0 aliphatic rings. The number of halogens is 2. The molecule has 1 heterocycles. The number of thiophene rings is 1. The van der Waals surface area contributed by atoms with Crippen LogP contribution in [0.2, 0.25) is 0 Å². The van der Waals surface area contributed by atoms with Gasteiger partial charge in [-0.3, -0.25) is 0 Å². The summed E-state index contributed by atoms with van der Waals surface area (Å²) in [6.07, 6.45) is 0. The van der Waals surface area contributed by atoms with Gasteiger partial charge in [0.05, 0.1) is 0 Å². The fourth-order valence-corrected chi connectivity index (χ4v) is 2.82. The van der Waals surface area contributed by atoms with Crippen molar-refractivity contribution in [3.63, 3.8) is 0 Å². The third-order valence-corrected chi connectivity index (χ3v) is 4.05. The van der Waals surface area contributed by atoms with Crippen molar-refractivity contribution in [3.8, 4) is 0 Å². The second-order valence-electron chi connectivity index (χ2n) is 2.69. The molecule has 0 saturated carbocycles. The van der Waals surface area contributed by atoms with Gasteiger partial charge < -0.3 is 0 Å². The van der Waals surface area contributed by atoms with Crippen LogP contribution in [-0.4, -0.2) is 8.42 Å². The lowest BCUT2D eigenvalue weighted by molar-refractivity contribution is 0.554. The van der Waals surface area contributed by atoms with Gasteiger partial charge in [0.1, 0.15) is 5.82 Å². The topological polar surface area (TPSA) is 34.1 Å². The van der Waals surface area contributed by atoms with E-state index in [4.69, 9.17) is 0 Å². The second-order valence-corrected chi connectivity index (χ2v) is 5.34. The number of rotatable bonds is 1. The van der Waals surface area contributed by atoms with Crippen molar-refractivity contribution in [2.45, 2.75) is 4.21 Å². The summed E-state index contributed by atoms with van der Waals surface area (Å²) >= 11 is 0.783.